The molecule has 0 spiro atoms. The van der Waals surface area contributed by atoms with E-state index in [0.29, 0.717) is 41.4 Å². The van der Waals surface area contributed by atoms with Gasteiger partial charge in [0.2, 0.25) is 5.91 Å². The third kappa shape index (κ3) is 4.11. The maximum atomic E-state index is 12.5. The Bertz CT molecular complexity index is 877. The van der Waals surface area contributed by atoms with Gasteiger partial charge in [-0.25, -0.2) is 0 Å². The number of nitrogens with zero attached hydrogens (tertiary/aromatic N) is 1. The van der Waals surface area contributed by atoms with Crippen molar-refractivity contribution in [2.75, 3.05) is 5.32 Å². The molecule has 188 valence electrons. The number of hydrogen-bond acceptors (Lipinski definition) is 4. The predicted octanol–water partition coefficient (Wildman–Crippen LogP) is 5.43. The highest BCUT2D eigenvalue weighted by Crippen LogP contribution is 2.68. The number of amides is 1. The SMILES string of the molecule is C[C@H](CCC(=O)Nc1ccncc1)[C@H]1CC[C@H]2[C@@H]3C[C@H](O)[C@@H]4C[C@H](O)CC[C@]4(C)[C@H]3CC[C@]12C. The molecule has 5 heteroatoms. The minimum absolute atomic E-state index is 0.0929. The number of hydrogen-bond donors (Lipinski definition) is 3. The van der Waals surface area contributed by atoms with E-state index < -0.39 is 0 Å². The average molecular weight is 469 g/mol. The normalized spacial score (nSPS) is 44.4. The van der Waals surface area contributed by atoms with E-state index in [1.807, 2.05) is 12.1 Å². The smallest absolute Gasteiger partial charge is 0.224 e. The minimum atomic E-state index is -0.267. The molecule has 4 aliphatic rings. The third-order valence-electron chi connectivity index (χ3n) is 11.2. The van der Waals surface area contributed by atoms with E-state index in [9.17, 15) is 15.0 Å². The van der Waals surface area contributed by atoms with Crippen LogP contribution in [0.5, 0.6) is 0 Å². The van der Waals surface area contributed by atoms with E-state index >= 15 is 0 Å². The fourth-order valence-electron chi connectivity index (χ4n) is 9.47. The molecule has 1 aromatic rings. The zero-order chi connectivity index (χ0) is 24.1. The molecule has 0 aliphatic heterocycles. The van der Waals surface area contributed by atoms with E-state index in [-0.39, 0.29) is 29.4 Å². The maximum Gasteiger partial charge on any atom is 0.224 e. The first kappa shape index (κ1) is 24.2. The molecular weight excluding hydrogens is 424 g/mol. The van der Waals surface area contributed by atoms with Crippen molar-refractivity contribution in [2.24, 2.45) is 46.3 Å². The molecule has 3 N–H and O–H groups in total. The van der Waals surface area contributed by atoms with E-state index in [4.69, 9.17) is 0 Å². The molecule has 1 amide bonds. The first-order valence-electron chi connectivity index (χ1n) is 13.8. The van der Waals surface area contributed by atoms with Gasteiger partial charge in [-0.05, 0) is 116 Å². The van der Waals surface area contributed by atoms with Crippen LogP contribution in [0.15, 0.2) is 24.5 Å². The van der Waals surface area contributed by atoms with Crippen molar-refractivity contribution >= 4 is 11.6 Å². The lowest BCUT2D eigenvalue weighted by molar-refractivity contribution is -0.172. The largest absolute Gasteiger partial charge is 0.393 e. The molecule has 5 rings (SSSR count). The number of pyridine rings is 1. The summed E-state index contributed by atoms with van der Waals surface area (Å²) in [4.78, 5) is 16.5. The lowest BCUT2D eigenvalue weighted by Gasteiger charge is -2.62. The van der Waals surface area contributed by atoms with E-state index in [0.717, 1.165) is 37.8 Å². The molecule has 34 heavy (non-hydrogen) atoms. The average Bonchev–Trinajstić information content (AvgIpc) is 3.17. The number of rotatable bonds is 5. The Morgan fingerprint density at radius 3 is 2.50 bits per heavy atom. The van der Waals surface area contributed by atoms with Crippen molar-refractivity contribution in [3.05, 3.63) is 24.5 Å². The van der Waals surface area contributed by atoms with Crippen LogP contribution in [0.4, 0.5) is 5.69 Å². The molecule has 0 bridgehead atoms. The van der Waals surface area contributed by atoms with Gasteiger partial charge < -0.3 is 15.5 Å². The highest BCUT2D eigenvalue weighted by Gasteiger charge is 2.62. The molecule has 0 saturated heterocycles. The van der Waals surface area contributed by atoms with Gasteiger partial charge in [0.05, 0.1) is 12.2 Å². The molecular formula is C29H44N2O3. The first-order chi connectivity index (χ1) is 16.2. The van der Waals surface area contributed by atoms with Crippen LogP contribution in [0.1, 0.15) is 85.0 Å². The van der Waals surface area contributed by atoms with Crippen molar-refractivity contribution in [3.63, 3.8) is 0 Å². The van der Waals surface area contributed by atoms with Crippen LogP contribution >= 0.6 is 0 Å². The van der Waals surface area contributed by atoms with Crippen molar-refractivity contribution in [2.45, 2.75) is 97.2 Å². The van der Waals surface area contributed by atoms with Crippen LogP contribution in [0.25, 0.3) is 0 Å². The number of aliphatic hydroxyl groups is 2. The third-order valence-corrected chi connectivity index (χ3v) is 11.2. The summed E-state index contributed by atoms with van der Waals surface area (Å²) in [6.07, 6.45) is 13.1. The van der Waals surface area contributed by atoms with Gasteiger partial charge in [-0.3, -0.25) is 9.78 Å². The zero-order valence-corrected chi connectivity index (χ0v) is 21.2. The summed E-state index contributed by atoms with van der Waals surface area (Å²) in [6, 6.07) is 3.66. The highest BCUT2D eigenvalue weighted by molar-refractivity contribution is 5.90. The number of carbonyl (C=O) groups excluding carboxylic acids is 1. The summed E-state index contributed by atoms with van der Waals surface area (Å²) in [5.74, 6) is 3.51. The van der Waals surface area contributed by atoms with Crippen LogP contribution in [-0.2, 0) is 4.79 Å². The standard InChI is InChI=1S/C29H44N2O3/c1-18(4-7-27(34)31-19-10-14-30-15-11-19)22-5-6-23-21-17-26(33)25-16-20(32)8-12-29(25,3)24(21)9-13-28(22,23)2/h10-11,14-15,18,20-26,32-33H,4-9,12-13,16-17H2,1-3H3,(H,30,31,34)/t18-,20-,21+,22-,23+,24+,25+,26+,28-,29-/m1/s1. The number of nitrogens with one attached hydrogen (secondary N) is 1. The van der Waals surface area contributed by atoms with Gasteiger partial charge in [0, 0.05) is 24.5 Å². The van der Waals surface area contributed by atoms with Gasteiger partial charge in [0.1, 0.15) is 0 Å². The van der Waals surface area contributed by atoms with Gasteiger partial charge in [-0.1, -0.05) is 20.8 Å². The summed E-state index contributed by atoms with van der Waals surface area (Å²) < 4.78 is 0. The Morgan fingerprint density at radius 2 is 1.74 bits per heavy atom. The van der Waals surface area contributed by atoms with Crippen molar-refractivity contribution in [1.82, 2.24) is 4.98 Å². The molecule has 1 heterocycles. The fraction of sp³-hybridized carbons (Fsp3) is 0.793. The molecule has 5 nitrogen and oxygen atoms in total. The van der Waals surface area contributed by atoms with Crippen molar-refractivity contribution in [1.29, 1.82) is 0 Å². The van der Waals surface area contributed by atoms with E-state index in [1.54, 1.807) is 12.4 Å². The lowest BCUT2D eigenvalue weighted by Crippen LogP contribution is -2.58. The van der Waals surface area contributed by atoms with Gasteiger partial charge >= 0.3 is 0 Å². The second kappa shape index (κ2) is 9.20. The number of carbonyl (C=O) groups is 1. The number of fused-ring (bicyclic) bond motifs is 5. The predicted molar refractivity (Wildman–Crippen MR) is 134 cm³/mol. The molecule has 0 aromatic carbocycles. The molecule has 1 aromatic heterocycles. The van der Waals surface area contributed by atoms with Crippen LogP contribution in [0.2, 0.25) is 0 Å². The molecule has 4 aliphatic carbocycles. The zero-order valence-electron chi connectivity index (χ0n) is 21.2. The molecule has 0 radical (unpaired) electrons. The lowest BCUT2D eigenvalue weighted by atomic mass is 9.44. The first-order valence-corrected chi connectivity index (χ1v) is 13.8. The summed E-state index contributed by atoms with van der Waals surface area (Å²) >= 11 is 0. The Balaban J connectivity index is 1.24. The minimum Gasteiger partial charge on any atom is -0.393 e. The Morgan fingerprint density at radius 1 is 1.03 bits per heavy atom. The summed E-state index contributed by atoms with van der Waals surface area (Å²) in [7, 11) is 0. The second-order valence-electron chi connectivity index (χ2n) is 12.7. The Labute approximate surface area is 205 Å². The van der Waals surface area contributed by atoms with Gasteiger partial charge in [-0.15, -0.1) is 0 Å². The van der Waals surface area contributed by atoms with Crippen LogP contribution in [0.3, 0.4) is 0 Å². The molecule has 10 atom stereocenters. The molecule has 4 fully saturated rings. The quantitative estimate of drug-likeness (QED) is 0.538. The Kier molecular flexibility index (Phi) is 6.56. The van der Waals surface area contributed by atoms with Gasteiger partial charge in [-0.2, -0.15) is 0 Å². The topological polar surface area (TPSA) is 82.5 Å². The fourth-order valence-corrected chi connectivity index (χ4v) is 9.47. The van der Waals surface area contributed by atoms with Gasteiger partial charge in [0.15, 0.2) is 0 Å². The van der Waals surface area contributed by atoms with E-state index in [1.165, 1.54) is 25.7 Å². The molecule has 0 unspecified atom stereocenters. The number of aliphatic hydroxyl groups excluding tert-OH is 2. The van der Waals surface area contributed by atoms with Crippen LogP contribution in [0, 0.1) is 46.3 Å². The van der Waals surface area contributed by atoms with Crippen LogP contribution < -0.4 is 5.32 Å². The van der Waals surface area contributed by atoms with Gasteiger partial charge in [0.25, 0.3) is 0 Å². The number of aromatic nitrogens is 1. The summed E-state index contributed by atoms with van der Waals surface area (Å²) in [5, 5.41) is 24.5. The summed E-state index contributed by atoms with van der Waals surface area (Å²) in [5.41, 5.74) is 1.31. The monoisotopic (exact) mass is 468 g/mol. The maximum absolute atomic E-state index is 12.5. The highest BCUT2D eigenvalue weighted by atomic mass is 16.3. The Hall–Kier alpha value is -1.46. The summed E-state index contributed by atoms with van der Waals surface area (Å²) in [6.45, 7) is 7.33. The van der Waals surface area contributed by atoms with Crippen molar-refractivity contribution in [3.8, 4) is 0 Å². The second-order valence-corrected chi connectivity index (χ2v) is 12.7. The van der Waals surface area contributed by atoms with Crippen molar-refractivity contribution < 1.29 is 15.0 Å². The molecule has 4 saturated carbocycles. The van der Waals surface area contributed by atoms with Crippen LogP contribution in [-0.4, -0.2) is 33.3 Å². The number of anilines is 1. The van der Waals surface area contributed by atoms with E-state index in [2.05, 4.69) is 31.1 Å².